The number of rotatable bonds is 7. The molecule has 0 aromatic heterocycles. The second kappa shape index (κ2) is 8.18. The van der Waals surface area contributed by atoms with Gasteiger partial charge in [0.15, 0.2) is 0 Å². The van der Waals surface area contributed by atoms with E-state index in [0.29, 0.717) is 36.3 Å². The Kier molecular flexibility index (Phi) is 6.54. The number of halogens is 1. The maximum absolute atomic E-state index is 12.0. The predicted molar refractivity (Wildman–Crippen MR) is 76.0 cm³/mol. The molecule has 0 aliphatic rings. The zero-order chi connectivity index (χ0) is 15.0. The van der Waals surface area contributed by atoms with Crippen molar-refractivity contribution in [2.75, 3.05) is 0 Å². The molecule has 1 aromatic rings. The van der Waals surface area contributed by atoms with E-state index in [9.17, 15) is 9.59 Å². The summed E-state index contributed by atoms with van der Waals surface area (Å²) in [6.07, 6.45) is 2.14. The zero-order valence-electron chi connectivity index (χ0n) is 10.9. The molecule has 0 radical (unpaired) electrons. The first-order chi connectivity index (χ1) is 9.56. The largest absolute Gasteiger partial charge is 0.368 e. The molecule has 1 aromatic carbocycles. The van der Waals surface area contributed by atoms with E-state index in [-0.39, 0.29) is 0 Å². The maximum Gasteiger partial charge on any atom is 0.253 e. The van der Waals surface area contributed by atoms with Gasteiger partial charge in [0.1, 0.15) is 6.04 Å². The van der Waals surface area contributed by atoms with Gasteiger partial charge in [0.2, 0.25) is 5.91 Å². The van der Waals surface area contributed by atoms with Crippen LogP contribution in [-0.2, 0) is 4.79 Å². The van der Waals surface area contributed by atoms with Gasteiger partial charge in [0.05, 0.1) is 16.7 Å². The Morgan fingerprint density at radius 3 is 2.65 bits per heavy atom. The minimum absolute atomic E-state index is 0.303. The fourth-order valence-corrected chi connectivity index (χ4v) is 1.94. The number of nitrogens with zero attached hydrogens (tertiary/aromatic N) is 1. The molecule has 0 aliphatic heterocycles. The van der Waals surface area contributed by atoms with Crippen molar-refractivity contribution in [3.8, 4) is 6.07 Å². The average Bonchev–Trinajstić information content (AvgIpc) is 2.42. The Morgan fingerprint density at radius 1 is 1.35 bits per heavy atom. The van der Waals surface area contributed by atoms with Gasteiger partial charge >= 0.3 is 0 Å². The lowest BCUT2D eigenvalue weighted by Gasteiger charge is -2.15. The van der Waals surface area contributed by atoms with E-state index in [1.54, 1.807) is 24.3 Å². The highest BCUT2D eigenvalue weighted by molar-refractivity contribution is 6.33. The third kappa shape index (κ3) is 4.90. The van der Waals surface area contributed by atoms with Crippen LogP contribution in [0.3, 0.4) is 0 Å². The number of carbonyl (C=O) groups is 2. The summed E-state index contributed by atoms with van der Waals surface area (Å²) in [5, 5.41) is 11.3. The summed E-state index contributed by atoms with van der Waals surface area (Å²) in [5.41, 5.74) is 5.57. The highest BCUT2D eigenvalue weighted by Gasteiger charge is 2.19. The third-order valence-corrected chi connectivity index (χ3v) is 3.13. The van der Waals surface area contributed by atoms with Crippen molar-refractivity contribution < 1.29 is 9.59 Å². The van der Waals surface area contributed by atoms with Crippen molar-refractivity contribution in [3.05, 3.63) is 34.9 Å². The van der Waals surface area contributed by atoms with Crippen molar-refractivity contribution in [2.45, 2.75) is 31.7 Å². The van der Waals surface area contributed by atoms with Gasteiger partial charge in [-0.1, -0.05) is 23.7 Å². The number of hydrogen-bond donors (Lipinski definition) is 2. The van der Waals surface area contributed by atoms with Gasteiger partial charge in [-0.3, -0.25) is 9.59 Å². The lowest BCUT2D eigenvalue weighted by Crippen LogP contribution is -2.44. The molecule has 0 saturated carbocycles. The van der Waals surface area contributed by atoms with Crippen LogP contribution in [0.1, 0.15) is 36.0 Å². The van der Waals surface area contributed by atoms with Gasteiger partial charge < -0.3 is 11.1 Å². The molecule has 0 aliphatic carbocycles. The second-order valence-electron chi connectivity index (χ2n) is 4.31. The van der Waals surface area contributed by atoms with E-state index in [0.717, 1.165) is 0 Å². The van der Waals surface area contributed by atoms with Gasteiger partial charge in [-0.15, -0.1) is 0 Å². The van der Waals surface area contributed by atoms with Crippen LogP contribution in [0.25, 0.3) is 0 Å². The number of unbranched alkanes of at least 4 members (excludes halogenated alkanes) is 2. The van der Waals surface area contributed by atoms with Crippen LogP contribution in [0.4, 0.5) is 0 Å². The summed E-state index contributed by atoms with van der Waals surface area (Å²) < 4.78 is 0. The van der Waals surface area contributed by atoms with Gasteiger partial charge in [-0.25, -0.2) is 0 Å². The number of primary amides is 1. The first-order valence-electron chi connectivity index (χ1n) is 6.28. The molecule has 0 spiro atoms. The third-order valence-electron chi connectivity index (χ3n) is 2.80. The van der Waals surface area contributed by atoms with E-state index in [4.69, 9.17) is 22.6 Å². The molecule has 0 saturated heterocycles. The van der Waals surface area contributed by atoms with E-state index < -0.39 is 17.9 Å². The summed E-state index contributed by atoms with van der Waals surface area (Å²) in [4.78, 5) is 23.3. The van der Waals surface area contributed by atoms with Gasteiger partial charge in [-0.05, 0) is 31.4 Å². The lowest BCUT2D eigenvalue weighted by molar-refractivity contribution is -0.120. The molecule has 0 bridgehead atoms. The molecular weight excluding hydrogens is 278 g/mol. The van der Waals surface area contributed by atoms with Gasteiger partial charge in [-0.2, -0.15) is 5.26 Å². The Morgan fingerprint density at radius 2 is 2.05 bits per heavy atom. The van der Waals surface area contributed by atoms with E-state index in [2.05, 4.69) is 5.32 Å². The minimum Gasteiger partial charge on any atom is -0.368 e. The minimum atomic E-state index is -0.752. The van der Waals surface area contributed by atoms with E-state index in [1.165, 1.54) is 0 Å². The fraction of sp³-hybridized carbons (Fsp3) is 0.357. The smallest absolute Gasteiger partial charge is 0.253 e. The predicted octanol–water partition coefficient (Wildman–Crippen LogP) is 2.01. The standard InChI is InChI=1S/C14H16ClN3O2/c15-11-7-4-3-6-10(11)14(20)18-12(13(17)19)8-2-1-5-9-16/h3-4,6-7,12H,1-2,5,8H2,(H2,17,19)(H,18,20)/t12-/m1/s1. The van der Waals surface area contributed by atoms with Crippen molar-refractivity contribution >= 4 is 23.4 Å². The molecule has 1 atom stereocenters. The molecule has 6 heteroatoms. The monoisotopic (exact) mass is 293 g/mol. The summed E-state index contributed by atoms with van der Waals surface area (Å²) in [5.74, 6) is -1.03. The quantitative estimate of drug-likeness (QED) is 0.753. The molecule has 5 nitrogen and oxygen atoms in total. The molecule has 1 rings (SSSR count). The molecule has 0 unspecified atom stereocenters. The Labute approximate surface area is 122 Å². The topological polar surface area (TPSA) is 96.0 Å². The SMILES string of the molecule is N#CCCCC[C@@H](NC(=O)c1ccccc1Cl)C(N)=O. The fourth-order valence-electron chi connectivity index (χ4n) is 1.72. The number of amides is 2. The maximum atomic E-state index is 12.0. The molecule has 2 amide bonds. The van der Waals surface area contributed by atoms with Crippen LogP contribution in [0.15, 0.2) is 24.3 Å². The van der Waals surface area contributed by atoms with E-state index in [1.807, 2.05) is 6.07 Å². The molecule has 20 heavy (non-hydrogen) atoms. The number of nitrogens with one attached hydrogen (secondary N) is 1. The van der Waals surface area contributed by atoms with Crippen LogP contribution in [-0.4, -0.2) is 17.9 Å². The average molecular weight is 294 g/mol. The van der Waals surface area contributed by atoms with Gasteiger partial charge in [0.25, 0.3) is 5.91 Å². The second-order valence-corrected chi connectivity index (χ2v) is 4.72. The zero-order valence-corrected chi connectivity index (χ0v) is 11.7. The summed E-state index contributed by atoms with van der Waals surface area (Å²) in [6, 6.07) is 7.85. The molecule has 0 fully saturated rings. The Hall–Kier alpha value is -2.06. The van der Waals surface area contributed by atoms with Crippen LogP contribution in [0.5, 0.6) is 0 Å². The van der Waals surface area contributed by atoms with Crippen molar-refractivity contribution in [1.82, 2.24) is 5.32 Å². The molecular formula is C14H16ClN3O2. The normalized spacial score (nSPS) is 11.4. The number of benzene rings is 1. The Bertz CT molecular complexity index is 525. The van der Waals surface area contributed by atoms with Crippen LogP contribution >= 0.6 is 11.6 Å². The number of nitriles is 1. The Balaban J connectivity index is 2.62. The molecule has 3 N–H and O–H groups in total. The summed E-state index contributed by atoms with van der Waals surface area (Å²) in [7, 11) is 0. The van der Waals surface area contributed by atoms with Crippen LogP contribution in [0.2, 0.25) is 5.02 Å². The van der Waals surface area contributed by atoms with Gasteiger partial charge in [0, 0.05) is 6.42 Å². The lowest BCUT2D eigenvalue weighted by atomic mass is 10.1. The van der Waals surface area contributed by atoms with E-state index >= 15 is 0 Å². The molecule has 106 valence electrons. The highest BCUT2D eigenvalue weighted by Crippen LogP contribution is 2.15. The number of hydrogen-bond acceptors (Lipinski definition) is 3. The van der Waals surface area contributed by atoms with Crippen LogP contribution < -0.4 is 11.1 Å². The first kappa shape index (κ1) is 16.0. The van der Waals surface area contributed by atoms with Crippen molar-refractivity contribution in [2.24, 2.45) is 5.73 Å². The summed E-state index contributed by atoms with van der Waals surface area (Å²) >= 11 is 5.91. The number of carbonyl (C=O) groups excluding carboxylic acids is 2. The first-order valence-corrected chi connectivity index (χ1v) is 6.65. The summed E-state index contributed by atoms with van der Waals surface area (Å²) in [6.45, 7) is 0. The highest BCUT2D eigenvalue weighted by atomic mass is 35.5. The molecule has 0 heterocycles. The van der Waals surface area contributed by atoms with Crippen molar-refractivity contribution in [1.29, 1.82) is 5.26 Å². The van der Waals surface area contributed by atoms with Crippen LogP contribution in [0, 0.1) is 11.3 Å². The number of nitrogens with two attached hydrogens (primary N) is 1. The van der Waals surface area contributed by atoms with Crippen molar-refractivity contribution in [3.63, 3.8) is 0 Å².